The van der Waals surface area contributed by atoms with Gasteiger partial charge in [0, 0.05) is 20.6 Å². The first kappa shape index (κ1) is 11.0. The van der Waals surface area contributed by atoms with Crippen LogP contribution in [-0.4, -0.2) is 34.4 Å². The van der Waals surface area contributed by atoms with E-state index >= 15 is 0 Å². The van der Waals surface area contributed by atoms with Gasteiger partial charge in [0.25, 0.3) is 0 Å². The monoisotopic (exact) mass is 219 g/mol. The zero-order chi connectivity index (χ0) is 11.7. The first-order valence-electron chi connectivity index (χ1n) is 5.40. The zero-order valence-corrected chi connectivity index (χ0v) is 9.88. The second-order valence-electron chi connectivity index (χ2n) is 4.19. The van der Waals surface area contributed by atoms with Gasteiger partial charge in [-0.25, -0.2) is 4.98 Å². The molecule has 4 nitrogen and oxygen atoms in total. The van der Waals surface area contributed by atoms with Crippen LogP contribution in [0.25, 0.3) is 11.0 Å². The van der Waals surface area contributed by atoms with Crippen LogP contribution in [0, 0.1) is 0 Å². The molecule has 0 saturated carbocycles. The number of nitrogens with zero attached hydrogens (tertiary/aromatic N) is 3. The lowest BCUT2D eigenvalue weighted by Crippen LogP contribution is -2.28. The van der Waals surface area contributed by atoms with Crippen molar-refractivity contribution in [3.63, 3.8) is 0 Å². The maximum atomic E-state index is 9.37. The van der Waals surface area contributed by atoms with E-state index in [1.54, 1.807) is 6.92 Å². The summed E-state index contributed by atoms with van der Waals surface area (Å²) in [6.45, 7) is 2.36. The van der Waals surface area contributed by atoms with Gasteiger partial charge < -0.3 is 14.6 Å². The van der Waals surface area contributed by atoms with Crippen LogP contribution in [0.2, 0.25) is 0 Å². The van der Waals surface area contributed by atoms with Gasteiger partial charge in [-0.3, -0.25) is 0 Å². The maximum absolute atomic E-state index is 9.37. The van der Waals surface area contributed by atoms with E-state index in [4.69, 9.17) is 0 Å². The molecule has 1 unspecified atom stereocenters. The molecule has 0 fully saturated rings. The first-order chi connectivity index (χ1) is 7.59. The van der Waals surface area contributed by atoms with Gasteiger partial charge in [-0.1, -0.05) is 12.1 Å². The molecular formula is C12H17N3O. The second-order valence-corrected chi connectivity index (χ2v) is 4.19. The third-order valence-electron chi connectivity index (χ3n) is 2.64. The van der Waals surface area contributed by atoms with E-state index in [-0.39, 0.29) is 6.10 Å². The van der Waals surface area contributed by atoms with Gasteiger partial charge in [0.2, 0.25) is 5.95 Å². The fourth-order valence-electron chi connectivity index (χ4n) is 1.95. The molecule has 1 aromatic carbocycles. The predicted molar refractivity (Wildman–Crippen MR) is 65.7 cm³/mol. The molecule has 1 atom stereocenters. The molecule has 0 amide bonds. The van der Waals surface area contributed by atoms with Crippen molar-refractivity contribution in [3.05, 3.63) is 24.3 Å². The SMILES string of the molecule is CC(O)CN(C)c1nc2ccccc2n1C. The number of hydrogen-bond donors (Lipinski definition) is 1. The summed E-state index contributed by atoms with van der Waals surface area (Å²) in [4.78, 5) is 6.51. The standard InChI is InChI=1S/C12H17N3O/c1-9(16)8-14(2)12-13-10-6-4-5-7-11(10)15(12)3/h4-7,9,16H,8H2,1-3H3. The van der Waals surface area contributed by atoms with E-state index in [1.165, 1.54) is 0 Å². The van der Waals surface area contributed by atoms with E-state index in [0.29, 0.717) is 6.54 Å². The topological polar surface area (TPSA) is 41.3 Å². The zero-order valence-electron chi connectivity index (χ0n) is 9.88. The van der Waals surface area contributed by atoms with Crippen molar-refractivity contribution in [2.75, 3.05) is 18.5 Å². The quantitative estimate of drug-likeness (QED) is 0.848. The van der Waals surface area contributed by atoms with Crippen molar-refractivity contribution in [2.45, 2.75) is 13.0 Å². The summed E-state index contributed by atoms with van der Waals surface area (Å²) in [5, 5.41) is 9.37. The molecule has 0 aliphatic heterocycles. The second kappa shape index (κ2) is 4.14. The third kappa shape index (κ3) is 1.88. The molecule has 0 spiro atoms. The van der Waals surface area contributed by atoms with Crippen LogP contribution in [0.4, 0.5) is 5.95 Å². The number of aryl methyl sites for hydroxylation is 1. The fourth-order valence-corrected chi connectivity index (χ4v) is 1.95. The Bertz CT molecular complexity index is 490. The molecule has 1 N–H and O–H groups in total. The third-order valence-corrected chi connectivity index (χ3v) is 2.64. The summed E-state index contributed by atoms with van der Waals surface area (Å²) in [6.07, 6.45) is -0.357. The lowest BCUT2D eigenvalue weighted by atomic mass is 10.3. The summed E-state index contributed by atoms with van der Waals surface area (Å²) in [5.74, 6) is 0.877. The summed E-state index contributed by atoms with van der Waals surface area (Å²) >= 11 is 0. The molecule has 0 aliphatic carbocycles. The number of para-hydroxylation sites is 2. The summed E-state index contributed by atoms with van der Waals surface area (Å²) in [5.41, 5.74) is 2.09. The Hall–Kier alpha value is -1.55. The van der Waals surface area contributed by atoms with Gasteiger partial charge >= 0.3 is 0 Å². The molecule has 0 bridgehead atoms. The number of aromatic nitrogens is 2. The predicted octanol–water partition coefficient (Wildman–Crippen LogP) is 1.39. The minimum absolute atomic E-state index is 0.357. The summed E-state index contributed by atoms with van der Waals surface area (Å²) in [7, 11) is 3.93. The highest BCUT2D eigenvalue weighted by atomic mass is 16.3. The number of anilines is 1. The van der Waals surface area contributed by atoms with Crippen LogP contribution in [0.5, 0.6) is 0 Å². The minimum atomic E-state index is -0.357. The average Bonchev–Trinajstić information content (AvgIpc) is 2.56. The molecule has 0 saturated heterocycles. The van der Waals surface area contributed by atoms with E-state index in [0.717, 1.165) is 17.0 Å². The van der Waals surface area contributed by atoms with Crippen LogP contribution in [0.3, 0.4) is 0 Å². The van der Waals surface area contributed by atoms with Crippen molar-refractivity contribution in [2.24, 2.45) is 7.05 Å². The van der Waals surface area contributed by atoms with Gasteiger partial charge in [-0.05, 0) is 19.1 Å². The molecular weight excluding hydrogens is 202 g/mol. The van der Waals surface area contributed by atoms with Gasteiger partial charge in [-0.15, -0.1) is 0 Å². The van der Waals surface area contributed by atoms with Crippen molar-refractivity contribution >= 4 is 17.0 Å². The van der Waals surface area contributed by atoms with Gasteiger partial charge in [0.1, 0.15) is 0 Å². The number of fused-ring (bicyclic) bond motifs is 1. The van der Waals surface area contributed by atoms with Crippen molar-refractivity contribution in [3.8, 4) is 0 Å². The normalized spacial score (nSPS) is 13.0. The maximum Gasteiger partial charge on any atom is 0.206 e. The van der Waals surface area contributed by atoms with Gasteiger partial charge in [-0.2, -0.15) is 0 Å². The molecule has 1 aromatic heterocycles. The van der Waals surface area contributed by atoms with Gasteiger partial charge in [0.15, 0.2) is 0 Å². The fraction of sp³-hybridized carbons (Fsp3) is 0.417. The molecule has 1 heterocycles. The smallest absolute Gasteiger partial charge is 0.206 e. The number of imidazole rings is 1. The number of benzene rings is 1. The summed E-state index contributed by atoms with van der Waals surface area (Å²) < 4.78 is 2.04. The Morgan fingerprint density at radius 2 is 2.12 bits per heavy atom. The van der Waals surface area contributed by atoms with Crippen LogP contribution < -0.4 is 4.90 Å². The number of rotatable bonds is 3. The minimum Gasteiger partial charge on any atom is -0.392 e. The summed E-state index contributed by atoms with van der Waals surface area (Å²) in [6, 6.07) is 8.02. The lowest BCUT2D eigenvalue weighted by Gasteiger charge is -2.19. The first-order valence-corrected chi connectivity index (χ1v) is 5.40. The van der Waals surface area contributed by atoms with Crippen molar-refractivity contribution in [1.29, 1.82) is 0 Å². The van der Waals surface area contributed by atoms with E-state index in [2.05, 4.69) is 4.98 Å². The highest BCUT2D eigenvalue weighted by Gasteiger charge is 2.12. The van der Waals surface area contributed by atoms with Crippen LogP contribution in [0.15, 0.2) is 24.3 Å². The Morgan fingerprint density at radius 3 is 2.75 bits per heavy atom. The van der Waals surface area contributed by atoms with Crippen LogP contribution in [0.1, 0.15) is 6.92 Å². The van der Waals surface area contributed by atoms with Gasteiger partial charge in [0.05, 0.1) is 17.1 Å². The molecule has 0 radical (unpaired) electrons. The Morgan fingerprint density at radius 1 is 1.44 bits per heavy atom. The molecule has 86 valence electrons. The Balaban J connectivity index is 2.41. The highest BCUT2D eigenvalue weighted by molar-refractivity contribution is 5.78. The van der Waals surface area contributed by atoms with Crippen molar-refractivity contribution in [1.82, 2.24) is 9.55 Å². The Labute approximate surface area is 95.1 Å². The van der Waals surface area contributed by atoms with Crippen molar-refractivity contribution < 1.29 is 5.11 Å². The molecule has 16 heavy (non-hydrogen) atoms. The molecule has 2 rings (SSSR count). The largest absolute Gasteiger partial charge is 0.392 e. The highest BCUT2D eigenvalue weighted by Crippen LogP contribution is 2.19. The number of aliphatic hydroxyl groups is 1. The number of likely N-dealkylation sites (N-methyl/N-ethyl adjacent to an activating group) is 1. The number of hydrogen-bond acceptors (Lipinski definition) is 3. The van der Waals surface area contributed by atoms with E-state index in [9.17, 15) is 5.11 Å². The average molecular weight is 219 g/mol. The van der Waals surface area contributed by atoms with Crippen LogP contribution in [-0.2, 0) is 7.05 Å². The number of aliphatic hydroxyl groups excluding tert-OH is 1. The van der Waals surface area contributed by atoms with E-state index in [1.807, 2.05) is 47.8 Å². The lowest BCUT2D eigenvalue weighted by molar-refractivity contribution is 0.201. The molecule has 4 heteroatoms. The molecule has 2 aromatic rings. The Kier molecular flexibility index (Phi) is 2.83. The van der Waals surface area contributed by atoms with E-state index < -0.39 is 0 Å². The molecule has 0 aliphatic rings. The van der Waals surface area contributed by atoms with Crippen LogP contribution >= 0.6 is 0 Å².